The normalized spacial score (nSPS) is 10.4. The lowest BCUT2D eigenvalue weighted by Gasteiger charge is -2.04. The van der Waals surface area contributed by atoms with E-state index >= 15 is 0 Å². The maximum atomic E-state index is 12.3. The number of hydrogen-bond donors (Lipinski definition) is 2. The van der Waals surface area contributed by atoms with Crippen LogP contribution in [0.5, 0.6) is 0 Å². The summed E-state index contributed by atoms with van der Waals surface area (Å²) in [6.45, 7) is 0. The third-order valence-electron chi connectivity index (χ3n) is 3.74. The number of aliphatic carboxylic acids is 1. The summed E-state index contributed by atoms with van der Waals surface area (Å²) in [7, 11) is 0. The number of carbonyl (C=O) groups excluding carboxylic acids is 1. The summed E-state index contributed by atoms with van der Waals surface area (Å²) in [5.74, 6) is -1.04. The Morgan fingerprint density at radius 2 is 1.81 bits per heavy atom. The zero-order chi connectivity index (χ0) is 19.4. The van der Waals surface area contributed by atoms with E-state index in [-0.39, 0.29) is 17.9 Å². The second-order valence-corrected chi connectivity index (χ2v) is 5.69. The van der Waals surface area contributed by atoms with Crippen molar-refractivity contribution >= 4 is 23.3 Å². The zero-order valence-corrected chi connectivity index (χ0v) is 13.9. The minimum atomic E-state index is -0.934. The minimum Gasteiger partial charge on any atom is -0.481 e. The van der Waals surface area contributed by atoms with E-state index in [1.807, 2.05) is 0 Å². The lowest BCUT2D eigenvalue weighted by atomic mass is 10.1. The Balaban J connectivity index is 1.72. The Hall–Kier alpha value is -3.94. The van der Waals surface area contributed by atoms with E-state index in [0.29, 0.717) is 22.6 Å². The number of anilines is 1. The van der Waals surface area contributed by atoms with Gasteiger partial charge in [0.2, 0.25) is 0 Å². The maximum Gasteiger partial charge on any atom is 0.307 e. The molecular weight excluding hydrogens is 352 g/mol. The molecule has 2 N–H and O–H groups in total. The van der Waals surface area contributed by atoms with Crippen LogP contribution in [0.15, 0.2) is 65.1 Å². The summed E-state index contributed by atoms with van der Waals surface area (Å²) < 4.78 is 5.50. The largest absolute Gasteiger partial charge is 0.481 e. The van der Waals surface area contributed by atoms with Gasteiger partial charge in [-0.2, -0.15) is 0 Å². The third-order valence-corrected chi connectivity index (χ3v) is 3.74. The highest BCUT2D eigenvalue weighted by Gasteiger charge is 2.14. The number of nitro groups is 1. The molecule has 1 aromatic heterocycles. The van der Waals surface area contributed by atoms with Crippen molar-refractivity contribution in [2.45, 2.75) is 6.42 Å². The highest BCUT2D eigenvalue weighted by molar-refractivity contribution is 6.02. The summed E-state index contributed by atoms with van der Waals surface area (Å²) in [5.41, 5.74) is 1.52. The SMILES string of the molecule is O=C(O)Cc1ccc(NC(=O)c2ccc(-c3cccc([N+](=O)[O-])c3)o2)cc1. The van der Waals surface area contributed by atoms with Crippen LogP contribution in [0.25, 0.3) is 11.3 Å². The van der Waals surface area contributed by atoms with Crippen LogP contribution >= 0.6 is 0 Å². The monoisotopic (exact) mass is 366 g/mol. The van der Waals surface area contributed by atoms with E-state index in [1.54, 1.807) is 36.4 Å². The highest BCUT2D eigenvalue weighted by atomic mass is 16.6. The van der Waals surface area contributed by atoms with Gasteiger partial charge in [0.05, 0.1) is 11.3 Å². The molecule has 8 heteroatoms. The van der Waals surface area contributed by atoms with Crippen molar-refractivity contribution in [2.75, 3.05) is 5.32 Å². The molecule has 0 fully saturated rings. The van der Waals surface area contributed by atoms with Crippen molar-refractivity contribution in [1.29, 1.82) is 0 Å². The lowest BCUT2D eigenvalue weighted by Crippen LogP contribution is -2.10. The molecule has 1 heterocycles. The number of nitrogens with one attached hydrogen (secondary N) is 1. The van der Waals surface area contributed by atoms with Crippen LogP contribution < -0.4 is 5.32 Å². The van der Waals surface area contributed by atoms with E-state index in [0.717, 1.165) is 0 Å². The molecule has 1 amide bonds. The van der Waals surface area contributed by atoms with Crippen molar-refractivity contribution in [3.8, 4) is 11.3 Å². The first kappa shape index (κ1) is 17.9. The Bertz CT molecular complexity index is 1010. The van der Waals surface area contributed by atoms with Crippen molar-refractivity contribution < 1.29 is 24.0 Å². The average Bonchev–Trinajstić information content (AvgIpc) is 3.13. The van der Waals surface area contributed by atoms with Crippen molar-refractivity contribution in [3.63, 3.8) is 0 Å². The molecule has 0 radical (unpaired) electrons. The van der Waals surface area contributed by atoms with Crippen molar-refractivity contribution in [3.05, 3.63) is 82.1 Å². The molecule has 0 unspecified atom stereocenters. The molecule has 0 saturated carbocycles. The fourth-order valence-electron chi connectivity index (χ4n) is 2.46. The quantitative estimate of drug-likeness (QED) is 0.506. The molecule has 0 spiro atoms. The van der Waals surface area contributed by atoms with E-state index < -0.39 is 16.8 Å². The first-order chi connectivity index (χ1) is 12.9. The van der Waals surface area contributed by atoms with Crippen molar-refractivity contribution in [2.24, 2.45) is 0 Å². The van der Waals surface area contributed by atoms with Crippen LogP contribution in [0.4, 0.5) is 11.4 Å². The van der Waals surface area contributed by atoms with Gasteiger partial charge >= 0.3 is 5.97 Å². The van der Waals surface area contributed by atoms with E-state index in [1.165, 1.54) is 24.3 Å². The first-order valence-electron chi connectivity index (χ1n) is 7.89. The van der Waals surface area contributed by atoms with Gasteiger partial charge in [-0.15, -0.1) is 0 Å². The predicted molar refractivity (Wildman–Crippen MR) is 96.5 cm³/mol. The van der Waals surface area contributed by atoms with Crippen LogP contribution in [0.3, 0.4) is 0 Å². The fourth-order valence-corrected chi connectivity index (χ4v) is 2.46. The molecule has 27 heavy (non-hydrogen) atoms. The Morgan fingerprint density at radius 1 is 1.07 bits per heavy atom. The van der Waals surface area contributed by atoms with Gasteiger partial charge in [-0.1, -0.05) is 24.3 Å². The molecule has 0 atom stereocenters. The molecule has 136 valence electrons. The van der Waals surface area contributed by atoms with Crippen LogP contribution in [-0.2, 0) is 11.2 Å². The van der Waals surface area contributed by atoms with Crippen LogP contribution in [0.2, 0.25) is 0 Å². The van der Waals surface area contributed by atoms with E-state index in [9.17, 15) is 19.7 Å². The van der Waals surface area contributed by atoms with Gasteiger partial charge in [-0.3, -0.25) is 19.7 Å². The molecular formula is C19H14N2O6. The smallest absolute Gasteiger partial charge is 0.307 e. The Labute approximate surface area is 153 Å². The van der Waals surface area contributed by atoms with Gasteiger partial charge in [0.25, 0.3) is 11.6 Å². The fraction of sp³-hybridized carbons (Fsp3) is 0.0526. The number of nitro benzene ring substituents is 1. The molecule has 0 aliphatic heterocycles. The molecule has 0 bridgehead atoms. The minimum absolute atomic E-state index is 0.0473. The summed E-state index contributed by atoms with van der Waals surface area (Å²) in [4.78, 5) is 33.3. The number of amides is 1. The number of benzene rings is 2. The molecule has 8 nitrogen and oxygen atoms in total. The van der Waals surface area contributed by atoms with Crippen LogP contribution in [0.1, 0.15) is 16.1 Å². The molecule has 0 saturated heterocycles. The topological polar surface area (TPSA) is 123 Å². The molecule has 3 rings (SSSR count). The summed E-state index contributed by atoms with van der Waals surface area (Å²) in [6, 6.07) is 15.4. The van der Waals surface area contributed by atoms with Gasteiger partial charge in [0, 0.05) is 23.4 Å². The van der Waals surface area contributed by atoms with Gasteiger partial charge < -0.3 is 14.8 Å². The second-order valence-electron chi connectivity index (χ2n) is 5.69. The number of carboxylic acids is 1. The van der Waals surface area contributed by atoms with Crippen LogP contribution in [-0.4, -0.2) is 21.9 Å². The van der Waals surface area contributed by atoms with Gasteiger partial charge in [0.15, 0.2) is 5.76 Å². The Morgan fingerprint density at radius 3 is 2.48 bits per heavy atom. The number of furan rings is 1. The predicted octanol–water partition coefficient (Wildman–Crippen LogP) is 3.73. The second kappa shape index (κ2) is 7.52. The van der Waals surface area contributed by atoms with Crippen LogP contribution in [0, 0.1) is 10.1 Å². The number of carboxylic acid groups (broad SMARTS) is 1. The molecule has 3 aromatic rings. The Kier molecular flexibility index (Phi) is 4.98. The number of hydrogen-bond acceptors (Lipinski definition) is 5. The molecule has 2 aromatic carbocycles. The highest BCUT2D eigenvalue weighted by Crippen LogP contribution is 2.26. The van der Waals surface area contributed by atoms with Gasteiger partial charge in [-0.25, -0.2) is 0 Å². The standard InChI is InChI=1S/C19H14N2O6/c22-18(23)10-12-4-6-14(7-5-12)20-19(24)17-9-8-16(27-17)13-2-1-3-15(11-13)21(25)26/h1-9,11H,10H2,(H,20,24)(H,22,23). The number of nitrogens with zero attached hydrogens (tertiary/aromatic N) is 1. The summed E-state index contributed by atoms with van der Waals surface area (Å²) >= 11 is 0. The lowest BCUT2D eigenvalue weighted by molar-refractivity contribution is -0.384. The maximum absolute atomic E-state index is 12.3. The zero-order valence-electron chi connectivity index (χ0n) is 13.9. The van der Waals surface area contributed by atoms with Crippen molar-refractivity contribution in [1.82, 2.24) is 0 Å². The summed E-state index contributed by atoms with van der Waals surface area (Å²) in [5, 5.41) is 22.3. The van der Waals surface area contributed by atoms with Gasteiger partial charge in [-0.05, 0) is 29.8 Å². The van der Waals surface area contributed by atoms with E-state index in [2.05, 4.69) is 5.32 Å². The molecule has 0 aliphatic rings. The summed E-state index contributed by atoms with van der Waals surface area (Å²) in [6.07, 6.45) is -0.0982. The van der Waals surface area contributed by atoms with E-state index in [4.69, 9.17) is 9.52 Å². The first-order valence-corrected chi connectivity index (χ1v) is 7.89. The number of carbonyl (C=O) groups is 2. The number of non-ortho nitro benzene ring substituents is 1. The third kappa shape index (κ3) is 4.37. The average molecular weight is 366 g/mol. The molecule has 0 aliphatic carbocycles. The van der Waals surface area contributed by atoms with Gasteiger partial charge in [0.1, 0.15) is 5.76 Å². The number of rotatable bonds is 6.